The van der Waals surface area contributed by atoms with Crippen molar-refractivity contribution in [3.63, 3.8) is 0 Å². The average Bonchev–Trinajstić information content (AvgIpc) is 3.01. The minimum absolute atomic E-state index is 0.208. The number of carbonyl (C=O) groups is 3. The standard InChI is InChI=1S/C28H39NO5.C3H6O2.C2H6O.C2H6/c1-7-14-29(15-8-2)16-19(17-30)24-26(33)25(32)23-20-10-9-11-22(31)27(20,4)13-12-21(23)28(24,5)18(3)34-6;1-3(4)5-2;1-3-2;1-2/h7-8,16,18,20,30,33H,1-2,9-15,17H2,3-6H3;1-2H3;1-2H3;1-2H3/b19-16-;;;/t18-,20?,27?,28?;;;/m1.../s1. The Morgan fingerprint density at radius 1 is 1.09 bits per heavy atom. The molecule has 3 aliphatic rings. The highest BCUT2D eigenvalue weighted by molar-refractivity contribution is 6.11. The number of methoxy groups -OCH3 is 3. The molecule has 0 saturated heterocycles. The molecule has 3 aliphatic carbocycles. The summed E-state index contributed by atoms with van der Waals surface area (Å²) in [6.45, 7) is 19.5. The molecule has 0 bridgehead atoms. The molecule has 0 aromatic rings. The molecule has 1 saturated carbocycles. The van der Waals surface area contributed by atoms with E-state index in [1.54, 1.807) is 39.7 Å². The van der Waals surface area contributed by atoms with Crippen molar-refractivity contribution in [1.29, 1.82) is 0 Å². The Morgan fingerprint density at radius 3 is 2.05 bits per heavy atom. The lowest BCUT2D eigenvalue weighted by molar-refractivity contribution is -0.138. The maximum atomic E-state index is 13.8. The Balaban J connectivity index is 0.00000162. The van der Waals surface area contributed by atoms with E-state index in [2.05, 4.69) is 22.6 Å². The lowest BCUT2D eigenvalue weighted by Crippen LogP contribution is -2.50. The van der Waals surface area contributed by atoms with Crippen LogP contribution in [0.1, 0.15) is 73.6 Å². The molecule has 0 heterocycles. The number of Topliss-reactive ketones (excluding diaryl/α,β-unsaturated/α-hetero) is 2. The molecule has 2 N–H and O–H groups in total. The molecule has 0 aromatic heterocycles. The lowest BCUT2D eigenvalue weighted by Gasteiger charge is -2.52. The summed E-state index contributed by atoms with van der Waals surface area (Å²) >= 11 is 0. The second kappa shape index (κ2) is 19.4. The van der Waals surface area contributed by atoms with Gasteiger partial charge in [-0.1, -0.05) is 32.9 Å². The first-order valence-electron chi connectivity index (χ1n) is 15.3. The van der Waals surface area contributed by atoms with Crippen LogP contribution in [0.25, 0.3) is 0 Å². The maximum Gasteiger partial charge on any atom is 0.302 e. The summed E-state index contributed by atoms with van der Waals surface area (Å²) in [6.07, 6.45) is 8.16. The first kappa shape index (κ1) is 41.0. The SMILES string of the molecule is C=CCN(/C=C(/CO)C1=C(O)C(=O)C2=C(CCC3(C)C(=O)CCCC23)C1(C)[C@@H](C)OC)CC=C.CC.COC.COC(C)=O. The molecular weight excluding hydrogens is 562 g/mol. The van der Waals surface area contributed by atoms with Gasteiger partial charge >= 0.3 is 5.97 Å². The summed E-state index contributed by atoms with van der Waals surface area (Å²) in [6, 6.07) is 0. The number of allylic oxidation sites excluding steroid dienone is 1. The fraction of sp³-hybridized carbons (Fsp3) is 0.629. The second-order valence-electron chi connectivity index (χ2n) is 11.3. The first-order valence-corrected chi connectivity index (χ1v) is 15.3. The van der Waals surface area contributed by atoms with E-state index in [0.29, 0.717) is 49.1 Å². The topological polar surface area (TPSA) is 123 Å². The van der Waals surface area contributed by atoms with Gasteiger partial charge in [0.1, 0.15) is 5.78 Å². The Bertz CT molecular complexity index is 1090. The van der Waals surface area contributed by atoms with Gasteiger partial charge in [-0.05, 0) is 45.1 Å². The summed E-state index contributed by atoms with van der Waals surface area (Å²) in [5, 5.41) is 21.8. The zero-order valence-electron chi connectivity index (χ0n) is 28.7. The van der Waals surface area contributed by atoms with E-state index in [1.165, 1.54) is 14.0 Å². The number of ketones is 2. The third kappa shape index (κ3) is 9.02. The highest BCUT2D eigenvalue weighted by Crippen LogP contribution is 2.59. The van der Waals surface area contributed by atoms with Crippen LogP contribution in [-0.2, 0) is 28.6 Å². The van der Waals surface area contributed by atoms with Crippen molar-refractivity contribution in [1.82, 2.24) is 4.90 Å². The van der Waals surface area contributed by atoms with Crippen LogP contribution >= 0.6 is 0 Å². The van der Waals surface area contributed by atoms with Crippen molar-refractivity contribution >= 4 is 17.5 Å². The molecule has 0 spiro atoms. The monoisotopic (exact) mass is 619 g/mol. The molecule has 250 valence electrons. The average molecular weight is 620 g/mol. The minimum Gasteiger partial charge on any atom is -0.504 e. The molecule has 9 heteroatoms. The third-order valence-corrected chi connectivity index (χ3v) is 8.72. The molecule has 0 radical (unpaired) electrons. The van der Waals surface area contributed by atoms with Gasteiger partial charge in [-0.25, -0.2) is 0 Å². The van der Waals surface area contributed by atoms with Crippen LogP contribution in [0.3, 0.4) is 0 Å². The van der Waals surface area contributed by atoms with Gasteiger partial charge in [0.25, 0.3) is 0 Å². The van der Waals surface area contributed by atoms with Gasteiger partial charge in [-0.15, -0.1) is 13.2 Å². The number of esters is 1. The van der Waals surface area contributed by atoms with Gasteiger partial charge in [0, 0.05) is 87.4 Å². The Morgan fingerprint density at radius 2 is 1.61 bits per heavy atom. The second-order valence-corrected chi connectivity index (χ2v) is 11.3. The maximum absolute atomic E-state index is 13.8. The van der Waals surface area contributed by atoms with Crippen molar-refractivity contribution in [2.24, 2.45) is 16.7 Å². The van der Waals surface area contributed by atoms with E-state index >= 15 is 0 Å². The predicted molar refractivity (Wildman–Crippen MR) is 175 cm³/mol. The molecule has 0 aromatic carbocycles. The number of aliphatic hydroxyl groups is 2. The number of aliphatic hydroxyl groups excluding tert-OH is 2. The summed E-state index contributed by atoms with van der Waals surface area (Å²) in [5.74, 6) is -1.03. The van der Waals surface area contributed by atoms with E-state index < -0.39 is 16.6 Å². The summed E-state index contributed by atoms with van der Waals surface area (Å²) in [4.78, 5) is 38.2. The summed E-state index contributed by atoms with van der Waals surface area (Å²) in [7, 11) is 6.21. The van der Waals surface area contributed by atoms with Gasteiger partial charge in [0.05, 0.1) is 19.8 Å². The molecule has 44 heavy (non-hydrogen) atoms. The molecule has 0 amide bonds. The Labute approximate surface area is 265 Å². The molecule has 0 aliphatic heterocycles. The zero-order chi connectivity index (χ0) is 34.3. The van der Waals surface area contributed by atoms with Crippen molar-refractivity contribution in [3.8, 4) is 0 Å². The molecular formula is C35H57NO8. The Kier molecular flexibility index (Phi) is 18.1. The zero-order valence-corrected chi connectivity index (χ0v) is 28.7. The number of ether oxygens (including phenoxy) is 3. The Hall–Kier alpha value is -3.01. The van der Waals surface area contributed by atoms with Crippen LogP contribution in [0.15, 0.2) is 59.6 Å². The highest BCUT2D eigenvalue weighted by atomic mass is 16.5. The number of hydrogen-bond donors (Lipinski definition) is 2. The molecule has 3 unspecified atom stereocenters. The van der Waals surface area contributed by atoms with Gasteiger partial charge in [-0.2, -0.15) is 0 Å². The van der Waals surface area contributed by atoms with E-state index in [0.717, 1.165) is 18.4 Å². The molecule has 4 atom stereocenters. The predicted octanol–water partition coefficient (Wildman–Crippen LogP) is 5.91. The van der Waals surface area contributed by atoms with Crippen molar-refractivity contribution in [2.75, 3.05) is 48.1 Å². The van der Waals surface area contributed by atoms with Crippen molar-refractivity contribution in [2.45, 2.75) is 79.8 Å². The van der Waals surface area contributed by atoms with Crippen LogP contribution in [0, 0.1) is 16.7 Å². The van der Waals surface area contributed by atoms with E-state index in [9.17, 15) is 24.6 Å². The molecule has 9 nitrogen and oxygen atoms in total. The number of rotatable bonds is 9. The minimum atomic E-state index is -0.841. The van der Waals surface area contributed by atoms with Crippen LogP contribution in [0.4, 0.5) is 0 Å². The normalized spacial score (nSPS) is 25.0. The fourth-order valence-electron chi connectivity index (χ4n) is 6.33. The smallest absolute Gasteiger partial charge is 0.302 e. The highest BCUT2D eigenvalue weighted by Gasteiger charge is 2.57. The largest absolute Gasteiger partial charge is 0.504 e. The van der Waals surface area contributed by atoms with E-state index in [4.69, 9.17) is 4.74 Å². The van der Waals surface area contributed by atoms with Crippen LogP contribution in [0.2, 0.25) is 0 Å². The number of carbonyl (C=O) groups excluding carboxylic acids is 3. The molecule has 1 fully saturated rings. The van der Waals surface area contributed by atoms with E-state index in [1.807, 2.05) is 39.5 Å². The van der Waals surface area contributed by atoms with Crippen LogP contribution < -0.4 is 0 Å². The fourth-order valence-corrected chi connectivity index (χ4v) is 6.33. The lowest BCUT2D eigenvalue weighted by atomic mass is 9.51. The summed E-state index contributed by atoms with van der Waals surface area (Å²) in [5.41, 5.74) is 0.947. The summed E-state index contributed by atoms with van der Waals surface area (Å²) < 4.78 is 14.2. The van der Waals surface area contributed by atoms with E-state index in [-0.39, 0.29) is 36.1 Å². The third-order valence-electron chi connectivity index (χ3n) is 8.72. The van der Waals surface area contributed by atoms with Crippen LogP contribution in [0.5, 0.6) is 0 Å². The number of nitrogens with zero attached hydrogens (tertiary/aromatic N) is 1. The van der Waals surface area contributed by atoms with Crippen molar-refractivity contribution < 1.29 is 38.8 Å². The van der Waals surface area contributed by atoms with Gasteiger partial charge < -0.3 is 29.3 Å². The number of fused-ring (bicyclic) bond motifs is 2. The quantitative estimate of drug-likeness (QED) is 0.240. The van der Waals surface area contributed by atoms with Gasteiger partial charge in [0.15, 0.2) is 5.76 Å². The van der Waals surface area contributed by atoms with Crippen molar-refractivity contribution in [3.05, 3.63) is 59.6 Å². The van der Waals surface area contributed by atoms with Gasteiger partial charge in [0.2, 0.25) is 5.78 Å². The molecule has 3 rings (SSSR count). The number of hydrogen-bond acceptors (Lipinski definition) is 9. The van der Waals surface area contributed by atoms with Gasteiger partial charge in [-0.3, -0.25) is 14.4 Å². The van der Waals surface area contributed by atoms with Crippen LogP contribution in [-0.4, -0.2) is 86.9 Å². The first-order chi connectivity index (χ1) is 20.8.